The van der Waals surface area contributed by atoms with Crippen molar-refractivity contribution in [3.05, 3.63) is 35.9 Å². The SMILES string of the molecule is C/C=C/COc1ccc(CO)cc1OCC. The van der Waals surface area contributed by atoms with E-state index in [9.17, 15) is 0 Å². The Labute approximate surface area is 96.3 Å². The van der Waals surface area contributed by atoms with Gasteiger partial charge in [0, 0.05) is 0 Å². The molecule has 3 nitrogen and oxygen atoms in total. The van der Waals surface area contributed by atoms with Gasteiger partial charge in [-0.05, 0) is 31.5 Å². The Morgan fingerprint density at radius 3 is 2.69 bits per heavy atom. The molecule has 0 radical (unpaired) electrons. The van der Waals surface area contributed by atoms with Crippen molar-refractivity contribution in [1.82, 2.24) is 0 Å². The topological polar surface area (TPSA) is 38.7 Å². The Morgan fingerprint density at radius 1 is 1.25 bits per heavy atom. The third-order valence-electron chi connectivity index (χ3n) is 2.06. The van der Waals surface area contributed by atoms with Crippen LogP contribution in [0.15, 0.2) is 30.4 Å². The summed E-state index contributed by atoms with van der Waals surface area (Å²) in [7, 11) is 0. The zero-order chi connectivity index (χ0) is 11.8. The minimum atomic E-state index is 0.00914. The molecule has 0 spiro atoms. The highest BCUT2D eigenvalue weighted by Crippen LogP contribution is 2.28. The smallest absolute Gasteiger partial charge is 0.161 e. The van der Waals surface area contributed by atoms with Gasteiger partial charge < -0.3 is 14.6 Å². The van der Waals surface area contributed by atoms with Crippen LogP contribution in [-0.2, 0) is 6.61 Å². The Balaban J connectivity index is 2.80. The molecule has 88 valence electrons. The van der Waals surface area contributed by atoms with Crippen molar-refractivity contribution in [2.75, 3.05) is 13.2 Å². The summed E-state index contributed by atoms with van der Waals surface area (Å²) in [6.45, 7) is 4.97. The van der Waals surface area contributed by atoms with E-state index < -0.39 is 0 Å². The molecule has 0 amide bonds. The fraction of sp³-hybridized carbons (Fsp3) is 0.385. The predicted octanol–water partition coefficient (Wildman–Crippen LogP) is 2.53. The van der Waals surface area contributed by atoms with Gasteiger partial charge in [-0.3, -0.25) is 0 Å². The second-order valence-corrected chi connectivity index (χ2v) is 3.25. The second-order valence-electron chi connectivity index (χ2n) is 3.25. The lowest BCUT2D eigenvalue weighted by Gasteiger charge is -2.11. The summed E-state index contributed by atoms with van der Waals surface area (Å²) in [5, 5.41) is 9.03. The normalized spacial score (nSPS) is 10.7. The fourth-order valence-corrected chi connectivity index (χ4v) is 1.27. The van der Waals surface area contributed by atoms with Gasteiger partial charge in [-0.15, -0.1) is 0 Å². The van der Waals surface area contributed by atoms with Crippen molar-refractivity contribution < 1.29 is 14.6 Å². The highest BCUT2D eigenvalue weighted by molar-refractivity contribution is 5.42. The maximum absolute atomic E-state index is 9.03. The minimum Gasteiger partial charge on any atom is -0.490 e. The molecule has 0 atom stereocenters. The molecule has 0 unspecified atom stereocenters. The van der Waals surface area contributed by atoms with Crippen LogP contribution in [0.2, 0.25) is 0 Å². The quantitative estimate of drug-likeness (QED) is 0.752. The van der Waals surface area contributed by atoms with E-state index in [0.717, 1.165) is 5.56 Å². The molecule has 1 aromatic carbocycles. The molecular weight excluding hydrogens is 204 g/mol. The Kier molecular flexibility index (Phi) is 5.43. The first-order valence-electron chi connectivity index (χ1n) is 5.42. The van der Waals surface area contributed by atoms with Crippen molar-refractivity contribution in [2.45, 2.75) is 20.5 Å². The minimum absolute atomic E-state index is 0.00914. The summed E-state index contributed by atoms with van der Waals surface area (Å²) >= 11 is 0. The molecule has 1 rings (SSSR count). The summed E-state index contributed by atoms with van der Waals surface area (Å²) in [6.07, 6.45) is 3.86. The average Bonchev–Trinajstić information content (AvgIpc) is 2.31. The van der Waals surface area contributed by atoms with E-state index >= 15 is 0 Å². The van der Waals surface area contributed by atoms with Crippen molar-refractivity contribution in [2.24, 2.45) is 0 Å². The second kappa shape index (κ2) is 6.90. The number of hydrogen-bond donors (Lipinski definition) is 1. The van der Waals surface area contributed by atoms with Crippen LogP contribution in [0.1, 0.15) is 19.4 Å². The third kappa shape index (κ3) is 3.59. The van der Waals surface area contributed by atoms with Gasteiger partial charge in [-0.1, -0.05) is 18.2 Å². The molecule has 0 aliphatic heterocycles. The van der Waals surface area contributed by atoms with Gasteiger partial charge >= 0.3 is 0 Å². The van der Waals surface area contributed by atoms with Gasteiger partial charge in [-0.2, -0.15) is 0 Å². The summed E-state index contributed by atoms with van der Waals surface area (Å²) in [5.74, 6) is 1.38. The average molecular weight is 222 g/mol. The first-order chi connectivity index (χ1) is 7.81. The number of hydrogen-bond acceptors (Lipinski definition) is 3. The number of aliphatic hydroxyl groups excluding tert-OH is 1. The van der Waals surface area contributed by atoms with Gasteiger partial charge in [0.1, 0.15) is 6.61 Å². The molecule has 0 heterocycles. The summed E-state index contributed by atoms with van der Waals surface area (Å²) in [4.78, 5) is 0. The molecular formula is C13H18O3. The Morgan fingerprint density at radius 2 is 2.06 bits per heavy atom. The molecule has 1 N–H and O–H groups in total. The van der Waals surface area contributed by atoms with Crippen LogP contribution in [0.25, 0.3) is 0 Å². The van der Waals surface area contributed by atoms with E-state index in [4.69, 9.17) is 14.6 Å². The molecule has 1 aromatic rings. The molecule has 0 bridgehead atoms. The standard InChI is InChI=1S/C13H18O3/c1-3-5-8-16-12-7-6-11(10-14)9-13(12)15-4-2/h3,5-7,9,14H,4,8,10H2,1-2H3/b5-3+. The van der Waals surface area contributed by atoms with E-state index in [1.165, 1.54) is 0 Å². The lowest BCUT2D eigenvalue weighted by Crippen LogP contribution is -1.99. The van der Waals surface area contributed by atoms with Crippen molar-refractivity contribution in [3.63, 3.8) is 0 Å². The highest BCUT2D eigenvalue weighted by Gasteiger charge is 2.05. The summed E-state index contributed by atoms with van der Waals surface area (Å²) in [5.41, 5.74) is 0.821. The third-order valence-corrected chi connectivity index (χ3v) is 2.06. The van der Waals surface area contributed by atoms with E-state index in [1.54, 1.807) is 6.07 Å². The Bertz CT molecular complexity index is 345. The highest BCUT2D eigenvalue weighted by atomic mass is 16.5. The van der Waals surface area contributed by atoms with Crippen molar-refractivity contribution >= 4 is 0 Å². The van der Waals surface area contributed by atoms with Crippen molar-refractivity contribution in [1.29, 1.82) is 0 Å². The van der Waals surface area contributed by atoms with Crippen molar-refractivity contribution in [3.8, 4) is 11.5 Å². The van der Waals surface area contributed by atoms with Crippen LogP contribution in [0.4, 0.5) is 0 Å². The number of benzene rings is 1. The number of allylic oxidation sites excluding steroid dienone is 1. The molecule has 0 aliphatic rings. The number of aliphatic hydroxyl groups is 1. The van der Waals surface area contributed by atoms with Gasteiger partial charge in [0.15, 0.2) is 11.5 Å². The first-order valence-corrected chi connectivity index (χ1v) is 5.42. The van der Waals surface area contributed by atoms with Gasteiger partial charge in [0.05, 0.1) is 13.2 Å². The van der Waals surface area contributed by atoms with Gasteiger partial charge in [0.2, 0.25) is 0 Å². The van der Waals surface area contributed by atoms with E-state index in [1.807, 2.05) is 38.1 Å². The summed E-state index contributed by atoms with van der Waals surface area (Å²) < 4.78 is 11.0. The zero-order valence-corrected chi connectivity index (χ0v) is 9.77. The molecule has 0 aliphatic carbocycles. The van der Waals surface area contributed by atoms with E-state index in [0.29, 0.717) is 24.7 Å². The first kappa shape index (κ1) is 12.6. The van der Waals surface area contributed by atoms with Gasteiger partial charge in [0.25, 0.3) is 0 Å². The number of ether oxygens (including phenoxy) is 2. The molecule has 0 saturated carbocycles. The van der Waals surface area contributed by atoms with Crippen LogP contribution in [0, 0.1) is 0 Å². The molecule has 0 saturated heterocycles. The van der Waals surface area contributed by atoms with Crippen LogP contribution < -0.4 is 9.47 Å². The molecule has 3 heteroatoms. The maximum atomic E-state index is 9.03. The maximum Gasteiger partial charge on any atom is 0.161 e. The molecule has 0 aromatic heterocycles. The van der Waals surface area contributed by atoms with E-state index in [-0.39, 0.29) is 6.61 Å². The summed E-state index contributed by atoms with van der Waals surface area (Å²) in [6, 6.07) is 5.45. The zero-order valence-electron chi connectivity index (χ0n) is 9.77. The molecule has 16 heavy (non-hydrogen) atoms. The monoisotopic (exact) mass is 222 g/mol. The Hall–Kier alpha value is -1.48. The van der Waals surface area contributed by atoms with Crippen LogP contribution >= 0.6 is 0 Å². The lowest BCUT2D eigenvalue weighted by molar-refractivity contribution is 0.276. The van der Waals surface area contributed by atoms with Crippen LogP contribution in [0.3, 0.4) is 0 Å². The largest absolute Gasteiger partial charge is 0.490 e. The lowest BCUT2D eigenvalue weighted by atomic mass is 10.2. The van der Waals surface area contributed by atoms with Crippen LogP contribution in [-0.4, -0.2) is 18.3 Å². The predicted molar refractivity (Wildman–Crippen MR) is 63.8 cm³/mol. The van der Waals surface area contributed by atoms with Crippen LogP contribution in [0.5, 0.6) is 11.5 Å². The van der Waals surface area contributed by atoms with Gasteiger partial charge in [-0.25, -0.2) is 0 Å². The van der Waals surface area contributed by atoms with E-state index in [2.05, 4.69) is 0 Å². The fourth-order valence-electron chi connectivity index (χ4n) is 1.27. The molecule has 0 fully saturated rings. The number of rotatable bonds is 6.